The lowest BCUT2D eigenvalue weighted by molar-refractivity contribution is 0.400. The van der Waals surface area contributed by atoms with E-state index in [1.54, 1.807) is 0 Å². The van der Waals surface area contributed by atoms with Crippen molar-refractivity contribution < 1.29 is 9.47 Å². The molecule has 0 bridgehead atoms. The van der Waals surface area contributed by atoms with Crippen LogP contribution in [0.3, 0.4) is 0 Å². The number of hydrogen-bond acceptors (Lipinski definition) is 5. The zero-order valence-corrected chi connectivity index (χ0v) is 31.5. The molecule has 0 atom stereocenters. The molecule has 0 aliphatic carbocycles. The third-order valence-electron chi connectivity index (χ3n) is 12.1. The van der Waals surface area contributed by atoms with Crippen molar-refractivity contribution in [1.82, 2.24) is 24.1 Å². The van der Waals surface area contributed by atoms with Crippen molar-refractivity contribution in [3.8, 4) is 46.3 Å². The van der Waals surface area contributed by atoms with Gasteiger partial charge in [-0.15, -0.1) is 0 Å². The first-order valence-electron chi connectivity index (χ1n) is 19.8. The van der Waals surface area contributed by atoms with Crippen LogP contribution in [0.15, 0.2) is 188 Å². The van der Waals surface area contributed by atoms with Gasteiger partial charge in [-0.3, -0.25) is 9.13 Å². The third-order valence-corrected chi connectivity index (χ3v) is 12.1. The van der Waals surface area contributed by atoms with E-state index in [2.05, 4.69) is 179 Å². The van der Waals surface area contributed by atoms with Crippen LogP contribution in [-0.2, 0) is 5.41 Å². The minimum atomic E-state index is -0.760. The number of nitrogens with zero attached hydrogens (tertiary/aromatic N) is 5. The van der Waals surface area contributed by atoms with Gasteiger partial charge in [-0.25, -0.2) is 0 Å². The summed E-state index contributed by atoms with van der Waals surface area (Å²) in [7, 11) is 0. The van der Waals surface area contributed by atoms with E-state index in [0.717, 1.165) is 88.7 Å². The molecule has 7 heteroatoms. The molecule has 0 unspecified atom stereocenters. The molecule has 0 radical (unpaired) electrons. The molecule has 11 aromatic rings. The molecule has 0 fully saturated rings. The second kappa shape index (κ2) is 12.0. The van der Waals surface area contributed by atoms with Crippen LogP contribution < -0.4 is 9.47 Å². The van der Waals surface area contributed by atoms with Crippen molar-refractivity contribution in [2.45, 2.75) is 5.41 Å². The van der Waals surface area contributed by atoms with Crippen LogP contribution in [0.1, 0.15) is 22.3 Å². The Labute approximate surface area is 338 Å². The molecule has 0 amide bonds. The summed E-state index contributed by atoms with van der Waals surface area (Å²) in [6, 6.07) is 65.1. The molecule has 7 nitrogen and oxygen atoms in total. The Morgan fingerprint density at radius 2 is 0.712 bits per heavy atom. The average Bonchev–Trinajstić information content (AvgIpc) is 3.82. The highest BCUT2D eigenvalue weighted by Gasteiger charge is 2.51. The van der Waals surface area contributed by atoms with Crippen LogP contribution in [0.5, 0.6) is 23.0 Å². The predicted octanol–water partition coefficient (Wildman–Crippen LogP) is 12.3. The van der Waals surface area contributed by atoms with Gasteiger partial charge in [-0.1, -0.05) is 140 Å². The monoisotopic (exact) mass is 757 g/mol. The van der Waals surface area contributed by atoms with E-state index >= 15 is 0 Å². The predicted molar refractivity (Wildman–Crippen MR) is 232 cm³/mol. The fourth-order valence-electron chi connectivity index (χ4n) is 9.76. The molecule has 3 aromatic heterocycles. The molecular formula is C52H31N5O2. The molecular weight excluding hydrogens is 727 g/mol. The zero-order chi connectivity index (χ0) is 38.7. The summed E-state index contributed by atoms with van der Waals surface area (Å²) in [5.41, 5.74) is 8.13. The largest absolute Gasteiger partial charge is 0.457 e. The number of fused-ring (bicyclic) bond motifs is 14. The van der Waals surface area contributed by atoms with Crippen molar-refractivity contribution in [3.05, 3.63) is 210 Å². The lowest BCUT2D eigenvalue weighted by atomic mass is 9.62. The Morgan fingerprint density at radius 3 is 1.17 bits per heavy atom. The van der Waals surface area contributed by atoms with Crippen molar-refractivity contribution in [1.29, 1.82) is 0 Å². The highest BCUT2D eigenvalue weighted by molar-refractivity contribution is 6.10. The second-order valence-electron chi connectivity index (χ2n) is 15.1. The van der Waals surface area contributed by atoms with Gasteiger partial charge in [-0.2, -0.15) is 15.0 Å². The summed E-state index contributed by atoms with van der Waals surface area (Å²) in [6.45, 7) is 0. The molecule has 2 aliphatic rings. The first-order chi connectivity index (χ1) is 29.3. The molecule has 5 heterocycles. The summed E-state index contributed by atoms with van der Waals surface area (Å²) >= 11 is 0. The van der Waals surface area contributed by atoms with Crippen molar-refractivity contribution >= 4 is 43.6 Å². The quantitative estimate of drug-likeness (QED) is 0.180. The fourth-order valence-corrected chi connectivity index (χ4v) is 9.76. The van der Waals surface area contributed by atoms with E-state index in [1.165, 1.54) is 0 Å². The molecule has 1 spiro atoms. The van der Waals surface area contributed by atoms with Gasteiger partial charge in [0.1, 0.15) is 23.0 Å². The van der Waals surface area contributed by atoms with Gasteiger partial charge in [0, 0.05) is 43.8 Å². The van der Waals surface area contributed by atoms with Gasteiger partial charge in [0.15, 0.2) is 5.82 Å². The smallest absolute Gasteiger partial charge is 0.240 e. The van der Waals surface area contributed by atoms with Gasteiger partial charge in [0.2, 0.25) is 11.9 Å². The highest BCUT2D eigenvalue weighted by Crippen LogP contribution is 2.62. The number of ether oxygens (including phenoxy) is 2. The molecule has 8 aromatic carbocycles. The minimum Gasteiger partial charge on any atom is -0.457 e. The third kappa shape index (κ3) is 4.33. The number of rotatable bonds is 3. The van der Waals surface area contributed by atoms with Crippen LogP contribution >= 0.6 is 0 Å². The Balaban J connectivity index is 1.15. The molecule has 0 saturated heterocycles. The topological polar surface area (TPSA) is 67.0 Å². The number of aromatic nitrogens is 5. The Kier molecular flexibility index (Phi) is 6.52. The summed E-state index contributed by atoms with van der Waals surface area (Å²) in [5.74, 6) is 4.57. The molecule has 0 N–H and O–H groups in total. The van der Waals surface area contributed by atoms with Crippen LogP contribution in [0, 0.1) is 0 Å². The van der Waals surface area contributed by atoms with Gasteiger partial charge in [-0.05, 0) is 48.5 Å². The van der Waals surface area contributed by atoms with E-state index in [4.69, 9.17) is 24.4 Å². The minimum absolute atomic E-state index is 0.494. The fraction of sp³-hybridized carbons (Fsp3) is 0.0192. The Morgan fingerprint density at radius 1 is 0.339 bits per heavy atom. The van der Waals surface area contributed by atoms with Crippen LogP contribution in [0.25, 0.3) is 66.9 Å². The Bertz CT molecular complexity index is 3240. The van der Waals surface area contributed by atoms with Crippen LogP contribution in [-0.4, -0.2) is 24.1 Å². The zero-order valence-electron chi connectivity index (χ0n) is 31.5. The van der Waals surface area contributed by atoms with Crippen LogP contribution in [0.4, 0.5) is 0 Å². The molecule has 59 heavy (non-hydrogen) atoms. The van der Waals surface area contributed by atoms with Crippen molar-refractivity contribution in [3.63, 3.8) is 0 Å². The number of para-hydroxylation sites is 8. The maximum Gasteiger partial charge on any atom is 0.240 e. The van der Waals surface area contributed by atoms with E-state index in [0.29, 0.717) is 23.5 Å². The first kappa shape index (κ1) is 32.1. The lowest BCUT2D eigenvalue weighted by Crippen LogP contribution is -2.36. The van der Waals surface area contributed by atoms with Crippen LogP contribution in [0.2, 0.25) is 0 Å². The maximum atomic E-state index is 7.11. The van der Waals surface area contributed by atoms with Gasteiger partial charge in [0.05, 0.1) is 33.0 Å². The van der Waals surface area contributed by atoms with E-state index < -0.39 is 5.41 Å². The summed E-state index contributed by atoms with van der Waals surface area (Å²) in [5, 5.41) is 4.50. The molecule has 13 rings (SSSR count). The van der Waals surface area contributed by atoms with Gasteiger partial charge in [0.25, 0.3) is 0 Å². The summed E-state index contributed by atoms with van der Waals surface area (Å²) in [4.78, 5) is 16.2. The van der Waals surface area contributed by atoms with E-state index in [-0.39, 0.29) is 0 Å². The highest BCUT2D eigenvalue weighted by atomic mass is 16.5. The maximum absolute atomic E-state index is 7.11. The van der Waals surface area contributed by atoms with Crippen molar-refractivity contribution in [2.75, 3.05) is 0 Å². The Hall–Kier alpha value is -8.03. The van der Waals surface area contributed by atoms with E-state index in [9.17, 15) is 0 Å². The first-order valence-corrected chi connectivity index (χ1v) is 19.8. The summed E-state index contributed by atoms with van der Waals surface area (Å²) in [6.07, 6.45) is 0. The molecule has 2 aliphatic heterocycles. The van der Waals surface area contributed by atoms with Crippen molar-refractivity contribution in [2.24, 2.45) is 0 Å². The lowest BCUT2D eigenvalue weighted by Gasteiger charge is -2.45. The average molecular weight is 758 g/mol. The number of benzene rings is 8. The number of hydrogen-bond donors (Lipinski definition) is 0. The summed E-state index contributed by atoms with van der Waals surface area (Å²) < 4.78 is 18.0. The standard InChI is InChI=1S/C52H31N5O2/c1-8-25-41-32(16-1)33-17-2-9-26-42(33)56(41)50-53-49(54-51(55-50)57-43-27-10-3-18-34(43)35-19-4-11-28-44(35)57)36-20-15-24-40-48(36)59-47-31-14-7-23-39(47)52(40)37-21-5-12-29-45(37)58-46-30-13-6-22-38(46)52/h1-31H. The molecule has 276 valence electrons. The van der Waals surface area contributed by atoms with Gasteiger partial charge >= 0.3 is 0 Å². The van der Waals surface area contributed by atoms with E-state index in [1.807, 2.05) is 18.2 Å². The SMILES string of the molecule is c1ccc2c(c1)Oc1ccccc1C21c2ccccc2Oc2c(-c3nc(-n4c5ccccc5c5ccccc54)nc(-n4c5ccccc5c5ccccc54)n3)cccc21. The normalized spacial score (nSPS) is 13.5. The molecule has 0 saturated carbocycles. The second-order valence-corrected chi connectivity index (χ2v) is 15.1. The van der Waals surface area contributed by atoms with Gasteiger partial charge < -0.3 is 9.47 Å².